The third-order valence-corrected chi connectivity index (χ3v) is 7.80. The van der Waals surface area contributed by atoms with Crippen LogP contribution in [-0.4, -0.2) is 29.0 Å². The fourth-order valence-corrected chi connectivity index (χ4v) is 5.43. The van der Waals surface area contributed by atoms with Crippen molar-refractivity contribution >= 4 is 23.1 Å². The number of anilines is 1. The number of nitrogens with one attached hydrogen (secondary N) is 2. The summed E-state index contributed by atoms with van der Waals surface area (Å²) >= 11 is 0. The van der Waals surface area contributed by atoms with Crippen molar-refractivity contribution in [2.24, 2.45) is 17.3 Å². The molecule has 8 nitrogen and oxygen atoms in total. The molecule has 2 aromatic rings. The van der Waals surface area contributed by atoms with Crippen molar-refractivity contribution in [3.05, 3.63) is 53.1 Å². The number of hydrogen-bond acceptors (Lipinski definition) is 6. The summed E-state index contributed by atoms with van der Waals surface area (Å²) < 4.78 is 4.91. The molecule has 0 aliphatic heterocycles. The number of esters is 1. The number of aromatic nitrogens is 2. The second-order valence-corrected chi connectivity index (χ2v) is 10.9. The summed E-state index contributed by atoms with van der Waals surface area (Å²) in [6.45, 7) is 4.50. The Morgan fingerprint density at radius 1 is 1.22 bits per heavy atom. The second-order valence-electron chi connectivity index (χ2n) is 10.9. The van der Waals surface area contributed by atoms with Gasteiger partial charge >= 0.3 is 5.97 Å². The number of benzene rings is 1. The van der Waals surface area contributed by atoms with Crippen molar-refractivity contribution in [2.45, 2.75) is 64.7 Å². The van der Waals surface area contributed by atoms with E-state index in [2.05, 4.69) is 41.3 Å². The predicted octanol–water partition coefficient (Wildman–Crippen LogP) is 5.71. The number of hydrogen-bond donors (Lipinski definition) is 2. The molecule has 2 N–H and O–H groups in total. The van der Waals surface area contributed by atoms with Crippen molar-refractivity contribution in [3.63, 3.8) is 0 Å². The number of methoxy groups -OCH3 is 1. The monoisotopic (exact) mass is 499 g/mol. The molecule has 1 saturated carbocycles. The lowest BCUT2D eigenvalue weighted by atomic mass is 9.73. The van der Waals surface area contributed by atoms with E-state index in [0.29, 0.717) is 5.69 Å². The summed E-state index contributed by atoms with van der Waals surface area (Å²) in [5.41, 5.74) is 4.08. The van der Waals surface area contributed by atoms with E-state index in [4.69, 9.17) is 10.00 Å². The SMILES string of the molecule is COC(=O)C1CCC(C(C#N)c2ccc(NC(=O)c3ncc(C#N)[nH]3)c(C3=CCC(C)(C)CC3)c2)CC1. The van der Waals surface area contributed by atoms with Crippen LogP contribution in [0.25, 0.3) is 5.57 Å². The first-order valence-electron chi connectivity index (χ1n) is 12.8. The van der Waals surface area contributed by atoms with Crippen LogP contribution in [0.1, 0.15) is 92.2 Å². The van der Waals surface area contributed by atoms with Gasteiger partial charge in [0.15, 0.2) is 5.82 Å². The number of nitriles is 2. The van der Waals surface area contributed by atoms with Gasteiger partial charge in [-0.05, 0) is 79.5 Å². The minimum atomic E-state index is -0.426. The normalized spacial score (nSPS) is 21.6. The number of carbonyl (C=O) groups is 2. The maximum Gasteiger partial charge on any atom is 0.308 e. The summed E-state index contributed by atoms with van der Waals surface area (Å²) in [7, 11) is 1.42. The maximum atomic E-state index is 12.9. The Balaban J connectivity index is 1.62. The van der Waals surface area contributed by atoms with E-state index >= 15 is 0 Å². The number of nitrogens with zero attached hydrogens (tertiary/aromatic N) is 3. The molecule has 0 radical (unpaired) electrons. The van der Waals surface area contributed by atoms with Gasteiger partial charge in [-0.3, -0.25) is 9.59 Å². The Kier molecular flexibility index (Phi) is 7.78. The molecule has 1 heterocycles. The lowest BCUT2D eigenvalue weighted by molar-refractivity contribution is -0.146. The van der Waals surface area contributed by atoms with Crippen LogP contribution >= 0.6 is 0 Å². The van der Waals surface area contributed by atoms with Crippen LogP contribution in [0.5, 0.6) is 0 Å². The van der Waals surface area contributed by atoms with Gasteiger partial charge in [-0.1, -0.05) is 26.0 Å². The first-order valence-corrected chi connectivity index (χ1v) is 12.8. The molecule has 2 aliphatic carbocycles. The number of rotatable bonds is 6. The maximum absolute atomic E-state index is 12.9. The Labute approximate surface area is 217 Å². The highest BCUT2D eigenvalue weighted by molar-refractivity contribution is 6.03. The Morgan fingerprint density at radius 2 is 1.97 bits per heavy atom. The molecule has 8 heteroatoms. The molecule has 1 amide bonds. The first kappa shape index (κ1) is 26.2. The van der Waals surface area contributed by atoms with Crippen LogP contribution in [0.15, 0.2) is 30.5 Å². The van der Waals surface area contributed by atoms with Gasteiger partial charge in [0, 0.05) is 11.3 Å². The topological polar surface area (TPSA) is 132 Å². The number of carbonyl (C=O) groups excluding carboxylic acids is 2. The average Bonchev–Trinajstić information content (AvgIpc) is 3.40. The van der Waals surface area contributed by atoms with Crippen LogP contribution in [0.2, 0.25) is 0 Å². The van der Waals surface area contributed by atoms with Gasteiger partial charge in [-0.25, -0.2) is 4.98 Å². The number of amides is 1. The molecule has 192 valence electrons. The number of imidazole rings is 1. The zero-order valence-corrected chi connectivity index (χ0v) is 21.6. The van der Waals surface area contributed by atoms with E-state index in [9.17, 15) is 14.9 Å². The van der Waals surface area contributed by atoms with Crippen LogP contribution < -0.4 is 5.32 Å². The van der Waals surface area contributed by atoms with Gasteiger partial charge in [0.05, 0.1) is 31.2 Å². The highest BCUT2D eigenvalue weighted by Gasteiger charge is 2.33. The predicted molar refractivity (Wildman–Crippen MR) is 139 cm³/mol. The van der Waals surface area contributed by atoms with Crippen molar-refractivity contribution < 1.29 is 14.3 Å². The molecular formula is C29H33N5O3. The van der Waals surface area contributed by atoms with E-state index in [0.717, 1.165) is 61.6 Å². The van der Waals surface area contributed by atoms with Crippen LogP contribution in [0.4, 0.5) is 5.69 Å². The van der Waals surface area contributed by atoms with Crippen LogP contribution in [0.3, 0.4) is 0 Å². The fraction of sp³-hybridized carbons (Fsp3) is 0.483. The van der Waals surface area contributed by atoms with Crippen molar-refractivity contribution in [1.82, 2.24) is 9.97 Å². The summed E-state index contributed by atoms with van der Waals surface area (Å²) in [5, 5.41) is 22.1. The average molecular weight is 500 g/mol. The zero-order valence-electron chi connectivity index (χ0n) is 21.6. The third-order valence-electron chi connectivity index (χ3n) is 7.80. The number of allylic oxidation sites excluding steroid dienone is 2. The minimum Gasteiger partial charge on any atom is -0.469 e. The van der Waals surface area contributed by atoms with Gasteiger partial charge in [0.1, 0.15) is 11.8 Å². The molecule has 1 atom stereocenters. The largest absolute Gasteiger partial charge is 0.469 e. The number of ether oxygens (including phenoxy) is 1. The number of H-pyrrole nitrogens is 1. The third kappa shape index (κ3) is 5.91. The molecule has 1 aromatic carbocycles. The molecule has 1 fully saturated rings. The van der Waals surface area contributed by atoms with E-state index in [1.54, 1.807) is 0 Å². The van der Waals surface area contributed by atoms with Gasteiger partial charge in [0.25, 0.3) is 5.91 Å². The lowest BCUT2D eigenvalue weighted by Crippen LogP contribution is -2.25. The summed E-state index contributed by atoms with van der Waals surface area (Å²) in [6, 6.07) is 10.3. The Hall–Kier alpha value is -3.91. The fourth-order valence-electron chi connectivity index (χ4n) is 5.43. The molecule has 0 saturated heterocycles. The Bertz CT molecular complexity index is 1290. The van der Waals surface area contributed by atoms with Gasteiger partial charge < -0.3 is 15.0 Å². The first-order chi connectivity index (χ1) is 17.7. The minimum absolute atomic E-state index is 0.0719. The summed E-state index contributed by atoms with van der Waals surface area (Å²) in [6.07, 6.45) is 9.45. The summed E-state index contributed by atoms with van der Waals surface area (Å²) in [4.78, 5) is 31.6. The smallest absolute Gasteiger partial charge is 0.308 e. The van der Waals surface area contributed by atoms with E-state index < -0.39 is 5.91 Å². The summed E-state index contributed by atoms with van der Waals surface area (Å²) in [5.74, 6) is -0.752. The second kappa shape index (κ2) is 11.0. The molecule has 1 aromatic heterocycles. The Morgan fingerprint density at radius 3 is 2.57 bits per heavy atom. The van der Waals surface area contributed by atoms with Crippen LogP contribution in [0, 0.1) is 39.9 Å². The van der Waals surface area contributed by atoms with E-state index in [1.807, 2.05) is 24.3 Å². The molecular weight excluding hydrogens is 466 g/mol. The lowest BCUT2D eigenvalue weighted by Gasteiger charge is -2.31. The zero-order chi connectivity index (χ0) is 26.6. The molecule has 0 bridgehead atoms. The highest BCUT2D eigenvalue weighted by Crippen LogP contribution is 2.43. The van der Waals surface area contributed by atoms with Crippen molar-refractivity contribution in [3.8, 4) is 12.1 Å². The number of aromatic amines is 1. The molecule has 0 spiro atoms. The molecule has 1 unspecified atom stereocenters. The van der Waals surface area contributed by atoms with Gasteiger partial charge in [-0.2, -0.15) is 10.5 Å². The molecule has 37 heavy (non-hydrogen) atoms. The van der Waals surface area contributed by atoms with Crippen molar-refractivity contribution in [2.75, 3.05) is 12.4 Å². The standard InChI is InChI=1S/C29H33N5O3/c1-29(2)12-10-19(11-13-29)23-14-21(24(16-31)18-4-6-20(7-5-18)28(36)37-3)8-9-25(23)34-27(35)26-32-17-22(15-30)33-26/h8-10,14,17-18,20,24H,4-7,11-13H2,1-3H3,(H,32,33)(H,34,35). The molecule has 2 aliphatic rings. The van der Waals surface area contributed by atoms with Crippen molar-refractivity contribution in [1.29, 1.82) is 10.5 Å². The van der Waals surface area contributed by atoms with Gasteiger partial charge in [-0.15, -0.1) is 0 Å². The van der Waals surface area contributed by atoms with Crippen LogP contribution in [-0.2, 0) is 9.53 Å². The highest BCUT2D eigenvalue weighted by atomic mass is 16.5. The van der Waals surface area contributed by atoms with E-state index in [-0.39, 0.29) is 40.7 Å². The van der Waals surface area contributed by atoms with E-state index in [1.165, 1.54) is 13.3 Å². The molecule has 4 rings (SSSR count). The van der Waals surface area contributed by atoms with Gasteiger partial charge in [0.2, 0.25) is 0 Å². The quantitative estimate of drug-likeness (QED) is 0.489.